The zero-order valence-electron chi connectivity index (χ0n) is 16.1. The van der Waals surface area contributed by atoms with Crippen molar-refractivity contribution >= 4 is 22.1 Å². The molecule has 0 radical (unpaired) electrons. The summed E-state index contributed by atoms with van der Waals surface area (Å²) in [6.45, 7) is 3.98. The molecule has 26 heavy (non-hydrogen) atoms. The Morgan fingerprint density at radius 2 is 1.62 bits per heavy atom. The Balaban J connectivity index is 0. The molecule has 0 aliphatic rings. The summed E-state index contributed by atoms with van der Waals surface area (Å²) in [5.74, 6) is -2.17. The van der Waals surface area contributed by atoms with Crippen molar-refractivity contribution in [1.29, 1.82) is 0 Å². The molecule has 0 amide bonds. The molecule has 0 bridgehead atoms. The van der Waals surface area contributed by atoms with Gasteiger partial charge in [-0.3, -0.25) is 9.59 Å². The minimum Gasteiger partial charge on any atom is -0.747 e. The van der Waals surface area contributed by atoms with Crippen LogP contribution in [0.1, 0.15) is 71.6 Å². The van der Waals surface area contributed by atoms with Crippen LogP contribution in [0.4, 0.5) is 0 Å². The third-order valence-corrected chi connectivity index (χ3v) is 4.54. The molecule has 0 aromatic heterocycles. The summed E-state index contributed by atoms with van der Waals surface area (Å²) in [5.41, 5.74) is 0. The smallest absolute Gasteiger partial charge is 0.747 e. The van der Waals surface area contributed by atoms with E-state index >= 15 is 0 Å². The Kier molecular flexibility index (Phi) is 17.9. The van der Waals surface area contributed by atoms with Gasteiger partial charge in [-0.25, -0.2) is 8.42 Å². The molecular weight excluding hydrogens is 371 g/mol. The van der Waals surface area contributed by atoms with Crippen molar-refractivity contribution < 1.29 is 61.6 Å². The van der Waals surface area contributed by atoms with Gasteiger partial charge in [0.25, 0.3) is 0 Å². The van der Waals surface area contributed by atoms with Crippen LogP contribution in [-0.4, -0.2) is 36.8 Å². The molecule has 146 valence electrons. The van der Waals surface area contributed by atoms with Gasteiger partial charge in [0, 0.05) is 0 Å². The van der Waals surface area contributed by atoms with Gasteiger partial charge in [-0.1, -0.05) is 52.4 Å². The quantitative estimate of drug-likeness (QED) is 0.133. The molecule has 0 aliphatic carbocycles. The van der Waals surface area contributed by atoms with Crippen LogP contribution in [0, 0.1) is 0 Å². The zero-order chi connectivity index (χ0) is 19.1. The van der Waals surface area contributed by atoms with E-state index in [0.29, 0.717) is 12.8 Å². The topological polar surface area (TPSA) is 110 Å². The average molecular weight is 400 g/mol. The second kappa shape index (κ2) is 16.7. The minimum atomic E-state index is -5.00. The fourth-order valence-electron chi connectivity index (χ4n) is 2.05. The number of hydrogen-bond acceptors (Lipinski definition) is 7. The van der Waals surface area contributed by atoms with Crippen LogP contribution < -0.4 is 29.6 Å². The summed E-state index contributed by atoms with van der Waals surface area (Å²) in [5, 5.41) is -2.07. The van der Waals surface area contributed by atoms with E-state index < -0.39 is 33.7 Å². The van der Waals surface area contributed by atoms with Gasteiger partial charge >= 0.3 is 41.5 Å². The van der Waals surface area contributed by atoms with Crippen molar-refractivity contribution in [3.63, 3.8) is 0 Å². The Bertz CT molecular complexity index is 517. The second-order valence-corrected chi connectivity index (χ2v) is 7.30. The maximum absolute atomic E-state index is 11.8. The standard InChI is InChI=1S/C17H30O7S.Na/c1-3-5-7-8-9-10-11-13-24-17(19)15(25(20,21)22)14-16(18)23-12-6-4-2;/h6,12,15H,3-5,7-11,13-14H2,1-2H3,(H,20,21,22);/q;+1/p-1/b12-6+;. The first-order valence-corrected chi connectivity index (χ1v) is 10.3. The van der Waals surface area contributed by atoms with Crippen LogP contribution in [-0.2, 0) is 29.2 Å². The van der Waals surface area contributed by atoms with Crippen LogP contribution in [0.3, 0.4) is 0 Å². The van der Waals surface area contributed by atoms with Gasteiger partial charge in [0.2, 0.25) is 0 Å². The molecule has 9 heteroatoms. The Morgan fingerprint density at radius 1 is 1.04 bits per heavy atom. The number of rotatable bonds is 14. The van der Waals surface area contributed by atoms with E-state index in [-0.39, 0.29) is 36.2 Å². The van der Waals surface area contributed by atoms with Crippen LogP contribution in [0.15, 0.2) is 12.3 Å². The maximum Gasteiger partial charge on any atom is 1.00 e. The predicted octanol–water partition coefficient (Wildman–Crippen LogP) is 0.0550. The van der Waals surface area contributed by atoms with E-state index in [1.165, 1.54) is 25.3 Å². The fourth-order valence-corrected chi connectivity index (χ4v) is 2.69. The summed E-state index contributed by atoms with van der Waals surface area (Å²) < 4.78 is 43.0. The van der Waals surface area contributed by atoms with Gasteiger partial charge in [0.1, 0.15) is 10.1 Å². The third kappa shape index (κ3) is 14.7. The van der Waals surface area contributed by atoms with Gasteiger partial charge in [-0.05, 0) is 18.9 Å². The monoisotopic (exact) mass is 400 g/mol. The first-order chi connectivity index (χ1) is 11.8. The molecule has 0 saturated carbocycles. The van der Waals surface area contributed by atoms with Crippen molar-refractivity contribution in [3.05, 3.63) is 12.3 Å². The zero-order valence-corrected chi connectivity index (χ0v) is 18.9. The summed E-state index contributed by atoms with van der Waals surface area (Å²) in [6.07, 6.45) is 9.50. The molecule has 0 N–H and O–H groups in total. The van der Waals surface area contributed by atoms with Crippen LogP contribution in [0.25, 0.3) is 0 Å². The minimum absolute atomic E-state index is 0. The normalized spacial score (nSPS) is 12.4. The summed E-state index contributed by atoms with van der Waals surface area (Å²) in [6, 6.07) is 0. The van der Waals surface area contributed by atoms with E-state index in [0.717, 1.165) is 25.5 Å². The number of unbranched alkanes of at least 4 members (excludes halogenated alkanes) is 6. The van der Waals surface area contributed by atoms with E-state index in [4.69, 9.17) is 4.74 Å². The van der Waals surface area contributed by atoms with Crippen molar-refractivity contribution in [3.8, 4) is 0 Å². The number of esters is 2. The number of carbonyl (C=O) groups excluding carboxylic acids is 2. The first-order valence-electron chi connectivity index (χ1n) is 8.78. The Labute approximate surface area is 178 Å². The molecule has 0 rings (SSSR count). The molecule has 1 atom stereocenters. The molecule has 1 unspecified atom stereocenters. The van der Waals surface area contributed by atoms with Gasteiger partial charge in [0.15, 0.2) is 5.25 Å². The fraction of sp³-hybridized carbons (Fsp3) is 0.765. The summed E-state index contributed by atoms with van der Waals surface area (Å²) >= 11 is 0. The van der Waals surface area contributed by atoms with E-state index in [1.54, 1.807) is 0 Å². The van der Waals surface area contributed by atoms with Crippen molar-refractivity contribution in [2.45, 2.75) is 76.9 Å². The summed E-state index contributed by atoms with van der Waals surface area (Å²) in [4.78, 5) is 23.3. The van der Waals surface area contributed by atoms with Crippen LogP contribution in [0.5, 0.6) is 0 Å². The second-order valence-electron chi connectivity index (χ2n) is 5.74. The molecule has 0 aromatic carbocycles. The molecule has 0 heterocycles. The van der Waals surface area contributed by atoms with Gasteiger partial charge in [0.05, 0.1) is 19.3 Å². The van der Waals surface area contributed by atoms with E-state index in [1.807, 2.05) is 6.92 Å². The van der Waals surface area contributed by atoms with E-state index in [9.17, 15) is 22.6 Å². The van der Waals surface area contributed by atoms with Crippen molar-refractivity contribution in [2.24, 2.45) is 0 Å². The maximum atomic E-state index is 11.8. The van der Waals surface area contributed by atoms with Crippen LogP contribution in [0.2, 0.25) is 0 Å². The number of carbonyl (C=O) groups is 2. The number of ether oxygens (including phenoxy) is 2. The van der Waals surface area contributed by atoms with Crippen molar-refractivity contribution in [1.82, 2.24) is 0 Å². The van der Waals surface area contributed by atoms with Gasteiger partial charge in [-0.15, -0.1) is 0 Å². The molecule has 0 fully saturated rings. The van der Waals surface area contributed by atoms with E-state index in [2.05, 4.69) is 11.7 Å². The molecule has 0 saturated heterocycles. The van der Waals surface area contributed by atoms with Crippen molar-refractivity contribution in [2.75, 3.05) is 6.61 Å². The number of hydrogen-bond donors (Lipinski definition) is 0. The molecule has 0 aliphatic heterocycles. The first kappa shape index (κ1) is 27.8. The molecule has 0 spiro atoms. The largest absolute Gasteiger partial charge is 1.00 e. The molecule has 0 aromatic rings. The predicted molar refractivity (Wildman–Crippen MR) is 92.6 cm³/mol. The average Bonchev–Trinajstić information content (AvgIpc) is 2.54. The number of allylic oxidation sites excluding steroid dienone is 1. The van der Waals surface area contributed by atoms with Gasteiger partial charge < -0.3 is 14.0 Å². The molecule has 7 nitrogen and oxygen atoms in total. The summed E-state index contributed by atoms with van der Waals surface area (Å²) in [7, 11) is -5.00. The SMILES string of the molecule is CC/C=C/OC(=O)CC(C(=O)OCCCCCCCCC)S(=O)(=O)[O-].[Na+]. The third-order valence-electron chi connectivity index (χ3n) is 3.49. The van der Waals surface area contributed by atoms with Gasteiger partial charge in [-0.2, -0.15) is 0 Å². The Morgan fingerprint density at radius 3 is 2.15 bits per heavy atom. The Hall–Kier alpha value is -0.410. The molecular formula is C17H29NaO7S. The van der Waals surface area contributed by atoms with Crippen LogP contribution >= 0.6 is 0 Å².